The van der Waals surface area contributed by atoms with Gasteiger partial charge in [0.05, 0.1) is 11.7 Å². The summed E-state index contributed by atoms with van der Waals surface area (Å²) in [5.41, 5.74) is 6.61. The Hall–Kier alpha value is -2.22. The van der Waals surface area contributed by atoms with Gasteiger partial charge in [0.2, 0.25) is 5.91 Å². The predicted octanol–water partition coefficient (Wildman–Crippen LogP) is 2.68. The van der Waals surface area contributed by atoms with Gasteiger partial charge in [-0.2, -0.15) is 8.42 Å². The molecule has 1 aliphatic heterocycles. The molecule has 1 amide bonds. The Morgan fingerprint density at radius 3 is 1.87 bits per heavy atom. The molecule has 0 aliphatic carbocycles. The van der Waals surface area contributed by atoms with Crippen LogP contribution in [-0.4, -0.2) is 50.2 Å². The number of carbonyl (C=O) groups is 1. The highest BCUT2D eigenvalue weighted by molar-refractivity contribution is 7.86. The highest BCUT2D eigenvalue weighted by Crippen LogP contribution is 2.40. The van der Waals surface area contributed by atoms with Gasteiger partial charge in [-0.05, 0) is 37.8 Å². The summed E-state index contributed by atoms with van der Waals surface area (Å²) < 4.78 is 27.8. The highest BCUT2D eigenvalue weighted by atomic mass is 32.2. The van der Waals surface area contributed by atoms with Crippen LogP contribution in [0.4, 0.5) is 0 Å². The van der Waals surface area contributed by atoms with Crippen LogP contribution in [0.15, 0.2) is 60.7 Å². The smallest absolute Gasteiger partial charge is 0.264 e. The molecule has 0 radical (unpaired) electrons. The molecule has 1 saturated heterocycles. The van der Waals surface area contributed by atoms with E-state index in [1.54, 1.807) is 0 Å². The van der Waals surface area contributed by atoms with Crippen molar-refractivity contribution < 1.29 is 17.4 Å². The standard InChI is InChI=1S/C23H30N2O4S/c1-22(2,25-16-20(17-25)29-30(3,27)28)14-15-23(21(24)26,18-10-6-4-7-11-18)19-12-8-5-9-13-19/h4-13,20H,14-17H2,1-3H3,(H2,24,26). The maximum atomic E-state index is 12.9. The first-order valence-electron chi connectivity index (χ1n) is 10.1. The molecule has 2 N–H and O–H groups in total. The van der Waals surface area contributed by atoms with Gasteiger partial charge < -0.3 is 5.73 Å². The lowest BCUT2D eigenvalue weighted by molar-refractivity contribution is -0.122. The fourth-order valence-electron chi connectivity index (χ4n) is 4.20. The summed E-state index contributed by atoms with van der Waals surface area (Å²) in [6.07, 6.45) is 1.99. The molecule has 0 unspecified atom stereocenters. The summed E-state index contributed by atoms with van der Waals surface area (Å²) in [4.78, 5) is 15.1. The van der Waals surface area contributed by atoms with E-state index >= 15 is 0 Å². The second-order valence-electron chi connectivity index (χ2n) is 8.64. The first-order valence-corrected chi connectivity index (χ1v) is 11.9. The first-order chi connectivity index (χ1) is 14.0. The molecule has 1 fully saturated rings. The van der Waals surface area contributed by atoms with Crippen LogP contribution >= 0.6 is 0 Å². The minimum Gasteiger partial charge on any atom is -0.369 e. The van der Waals surface area contributed by atoms with Crippen LogP contribution in [0.3, 0.4) is 0 Å². The maximum absolute atomic E-state index is 12.9. The van der Waals surface area contributed by atoms with Crippen molar-refractivity contribution in [2.45, 2.75) is 43.7 Å². The normalized spacial score (nSPS) is 16.2. The first kappa shape index (κ1) is 22.5. The number of benzene rings is 2. The zero-order valence-electron chi connectivity index (χ0n) is 17.7. The lowest BCUT2D eigenvalue weighted by atomic mass is 9.69. The van der Waals surface area contributed by atoms with Crippen LogP contribution in [0.2, 0.25) is 0 Å². The fourth-order valence-corrected chi connectivity index (χ4v) is 4.82. The molecule has 3 rings (SSSR count). The van der Waals surface area contributed by atoms with Crippen LogP contribution in [0, 0.1) is 0 Å². The molecule has 1 heterocycles. The van der Waals surface area contributed by atoms with E-state index in [1.165, 1.54) is 0 Å². The summed E-state index contributed by atoms with van der Waals surface area (Å²) in [5.74, 6) is -0.377. The molecule has 6 nitrogen and oxygen atoms in total. The number of likely N-dealkylation sites (tertiary alicyclic amines) is 1. The summed E-state index contributed by atoms with van der Waals surface area (Å²) >= 11 is 0. The quantitative estimate of drug-likeness (QED) is 0.618. The topological polar surface area (TPSA) is 89.7 Å². The Morgan fingerprint density at radius 1 is 1.00 bits per heavy atom. The molecule has 0 atom stereocenters. The third-order valence-electron chi connectivity index (χ3n) is 6.08. The second-order valence-corrected chi connectivity index (χ2v) is 10.2. The molecule has 0 saturated carbocycles. The van der Waals surface area contributed by atoms with Gasteiger partial charge in [0.15, 0.2) is 0 Å². The summed E-state index contributed by atoms with van der Waals surface area (Å²) in [6.45, 7) is 5.29. The minimum atomic E-state index is -3.46. The number of nitrogens with two attached hydrogens (primary N) is 1. The van der Waals surface area contributed by atoms with Crippen molar-refractivity contribution in [3.8, 4) is 0 Å². The predicted molar refractivity (Wildman–Crippen MR) is 117 cm³/mol. The van der Waals surface area contributed by atoms with Crippen LogP contribution in [0.1, 0.15) is 37.8 Å². The van der Waals surface area contributed by atoms with Gasteiger partial charge in [-0.3, -0.25) is 13.9 Å². The molecule has 0 bridgehead atoms. The molecule has 30 heavy (non-hydrogen) atoms. The monoisotopic (exact) mass is 430 g/mol. The van der Waals surface area contributed by atoms with E-state index in [4.69, 9.17) is 9.92 Å². The zero-order chi connectivity index (χ0) is 22.0. The third-order valence-corrected chi connectivity index (χ3v) is 6.70. The number of hydrogen-bond donors (Lipinski definition) is 1. The maximum Gasteiger partial charge on any atom is 0.264 e. The van der Waals surface area contributed by atoms with Crippen molar-refractivity contribution in [3.63, 3.8) is 0 Å². The van der Waals surface area contributed by atoms with E-state index < -0.39 is 15.5 Å². The van der Waals surface area contributed by atoms with Gasteiger partial charge in [0.1, 0.15) is 6.10 Å². The van der Waals surface area contributed by atoms with E-state index in [0.29, 0.717) is 25.9 Å². The number of rotatable bonds is 9. The highest BCUT2D eigenvalue weighted by Gasteiger charge is 2.44. The summed E-state index contributed by atoms with van der Waals surface area (Å²) in [7, 11) is -3.46. The summed E-state index contributed by atoms with van der Waals surface area (Å²) in [5, 5.41) is 0. The zero-order valence-corrected chi connectivity index (χ0v) is 18.6. The van der Waals surface area contributed by atoms with Crippen molar-refractivity contribution in [1.29, 1.82) is 0 Å². The molecule has 162 valence electrons. The van der Waals surface area contributed by atoms with Crippen molar-refractivity contribution in [2.24, 2.45) is 5.73 Å². The van der Waals surface area contributed by atoms with E-state index in [0.717, 1.165) is 17.4 Å². The van der Waals surface area contributed by atoms with Crippen LogP contribution in [0.25, 0.3) is 0 Å². The van der Waals surface area contributed by atoms with Crippen LogP contribution in [-0.2, 0) is 24.5 Å². The summed E-state index contributed by atoms with van der Waals surface area (Å²) in [6, 6.07) is 19.3. The van der Waals surface area contributed by atoms with Gasteiger partial charge in [-0.25, -0.2) is 0 Å². The largest absolute Gasteiger partial charge is 0.369 e. The minimum absolute atomic E-state index is 0.248. The number of hydrogen-bond acceptors (Lipinski definition) is 5. The van der Waals surface area contributed by atoms with Crippen molar-refractivity contribution in [2.75, 3.05) is 19.3 Å². The van der Waals surface area contributed by atoms with Gasteiger partial charge in [-0.1, -0.05) is 60.7 Å². The molecular weight excluding hydrogens is 400 g/mol. The SMILES string of the molecule is CC(C)(CCC(C(N)=O)(c1ccccc1)c1ccccc1)N1CC(OS(C)(=O)=O)C1. The molecule has 2 aromatic carbocycles. The Kier molecular flexibility index (Phi) is 6.36. The molecule has 1 aliphatic rings. The Bertz CT molecular complexity index is 929. The molecule has 0 aromatic heterocycles. The average molecular weight is 431 g/mol. The van der Waals surface area contributed by atoms with Crippen LogP contribution < -0.4 is 5.73 Å². The Labute approximate surface area is 179 Å². The average Bonchev–Trinajstić information content (AvgIpc) is 2.65. The number of nitrogens with zero attached hydrogens (tertiary/aromatic N) is 1. The second kappa shape index (κ2) is 8.49. The van der Waals surface area contributed by atoms with Crippen molar-refractivity contribution in [1.82, 2.24) is 4.90 Å². The van der Waals surface area contributed by atoms with Crippen molar-refractivity contribution in [3.05, 3.63) is 71.8 Å². The number of primary amides is 1. The Balaban J connectivity index is 1.83. The lowest BCUT2D eigenvalue weighted by Crippen LogP contribution is -2.61. The molecule has 7 heteroatoms. The van der Waals surface area contributed by atoms with Gasteiger partial charge >= 0.3 is 0 Å². The van der Waals surface area contributed by atoms with Gasteiger partial charge in [0.25, 0.3) is 10.1 Å². The van der Waals surface area contributed by atoms with Crippen molar-refractivity contribution >= 4 is 16.0 Å². The van der Waals surface area contributed by atoms with E-state index in [-0.39, 0.29) is 17.6 Å². The third kappa shape index (κ3) is 4.74. The van der Waals surface area contributed by atoms with E-state index in [1.807, 2.05) is 60.7 Å². The number of carbonyl (C=O) groups excluding carboxylic acids is 1. The molecule has 0 spiro atoms. The lowest BCUT2D eigenvalue weighted by Gasteiger charge is -2.49. The van der Waals surface area contributed by atoms with Gasteiger partial charge in [0, 0.05) is 18.6 Å². The molecule has 2 aromatic rings. The Morgan fingerprint density at radius 2 is 1.47 bits per heavy atom. The van der Waals surface area contributed by atoms with E-state index in [9.17, 15) is 13.2 Å². The van der Waals surface area contributed by atoms with Crippen LogP contribution in [0.5, 0.6) is 0 Å². The molecular formula is C23H30N2O4S. The van der Waals surface area contributed by atoms with Gasteiger partial charge in [-0.15, -0.1) is 0 Å². The fraction of sp³-hybridized carbons (Fsp3) is 0.435. The van der Waals surface area contributed by atoms with E-state index in [2.05, 4.69) is 18.7 Å². The number of amides is 1.